The molecule has 1 atom stereocenters. The molecule has 1 unspecified atom stereocenters. The van der Waals surface area contributed by atoms with E-state index >= 15 is 0 Å². The Morgan fingerprint density at radius 3 is 2.32 bits per heavy atom. The van der Waals surface area contributed by atoms with Crippen LogP contribution in [0, 0.1) is 13.8 Å². The lowest BCUT2D eigenvalue weighted by Gasteiger charge is -2.20. The van der Waals surface area contributed by atoms with Crippen LogP contribution in [0.2, 0.25) is 0 Å². The molecule has 1 amide bonds. The molecule has 0 bridgehead atoms. The third kappa shape index (κ3) is 4.60. The number of hydrogen-bond donors (Lipinski definition) is 2. The van der Waals surface area contributed by atoms with Crippen molar-refractivity contribution in [2.45, 2.75) is 39.3 Å². The summed E-state index contributed by atoms with van der Waals surface area (Å²) in [5, 5.41) is 3.12. The standard InChI is InChI=1S/C21H26N2O2/c1-15-5-4-6-16(2)21(15)22-20(24)14-23(18-9-10-18)13-17-7-11-19(25-3)12-8-17/h4-8,11-12,18H,9-10,13-14H2,1-3H3,(H,22,24)/p+1. The fourth-order valence-electron chi connectivity index (χ4n) is 3.25. The first-order chi connectivity index (χ1) is 12.1. The first-order valence-electron chi connectivity index (χ1n) is 8.90. The van der Waals surface area contributed by atoms with E-state index in [9.17, 15) is 4.79 Å². The van der Waals surface area contributed by atoms with Crippen LogP contribution < -0.4 is 15.0 Å². The van der Waals surface area contributed by atoms with E-state index in [1.807, 2.05) is 44.2 Å². The number of para-hydroxylation sites is 1. The molecule has 1 saturated carbocycles. The molecule has 2 N–H and O–H groups in total. The highest BCUT2D eigenvalue weighted by molar-refractivity contribution is 5.93. The molecule has 3 rings (SSSR count). The summed E-state index contributed by atoms with van der Waals surface area (Å²) >= 11 is 0. The number of quaternary nitrogens is 1. The van der Waals surface area contributed by atoms with Crippen LogP contribution in [0.1, 0.15) is 29.5 Å². The van der Waals surface area contributed by atoms with Gasteiger partial charge < -0.3 is 15.0 Å². The quantitative estimate of drug-likeness (QED) is 0.814. The highest BCUT2D eigenvalue weighted by atomic mass is 16.5. The smallest absolute Gasteiger partial charge is 0.279 e. The lowest BCUT2D eigenvalue weighted by molar-refractivity contribution is -0.916. The topological polar surface area (TPSA) is 42.8 Å². The lowest BCUT2D eigenvalue weighted by Crippen LogP contribution is -3.13. The molecule has 2 aromatic rings. The molecule has 132 valence electrons. The van der Waals surface area contributed by atoms with E-state index in [0.29, 0.717) is 12.6 Å². The molecule has 4 heteroatoms. The minimum Gasteiger partial charge on any atom is -0.497 e. The Kier molecular flexibility index (Phi) is 5.39. The van der Waals surface area contributed by atoms with Gasteiger partial charge in [0.25, 0.3) is 5.91 Å². The zero-order valence-electron chi connectivity index (χ0n) is 15.3. The van der Waals surface area contributed by atoms with E-state index in [1.165, 1.54) is 23.3 Å². The van der Waals surface area contributed by atoms with Crippen molar-refractivity contribution in [1.82, 2.24) is 0 Å². The van der Waals surface area contributed by atoms with Crippen molar-refractivity contribution < 1.29 is 14.4 Å². The van der Waals surface area contributed by atoms with E-state index in [1.54, 1.807) is 7.11 Å². The van der Waals surface area contributed by atoms with Crippen LogP contribution in [-0.4, -0.2) is 25.6 Å². The normalized spacial score (nSPS) is 14.8. The largest absolute Gasteiger partial charge is 0.497 e. The van der Waals surface area contributed by atoms with Crippen molar-refractivity contribution in [3.63, 3.8) is 0 Å². The van der Waals surface area contributed by atoms with Gasteiger partial charge in [0, 0.05) is 24.1 Å². The average molecular weight is 339 g/mol. The van der Waals surface area contributed by atoms with Gasteiger partial charge in [-0.2, -0.15) is 0 Å². The SMILES string of the molecule is COc1ccc(C[NH+](CC(=O)Nc2c(C)cccc2C)C2CC2)cc1. The van der Waals surface area contributed by atoms with E-state index in [2.05, 4.69) is 17.4 Å². The minimum atomic E-state index is 0.0906. The summed E-state index contributed by atoms with van der Waals surface area (Å²) < 4.78 is 5.22. The Morgan fingerprint density at radius 1 is 1.12 bits per heavy atom. The summed E-state index contributed by atoms with van der Waals surface area (Å²) in [6, 6.07) is 14.8. The molecule has 0 aliphatic heterocycles. The number of nitrogens with one attached hydrogen (secondary N) is 2. The summed E-state index contributed by atoms with van der Waals surface area (Å²) in [5.74, 6) is 0.956. The second-order valence-corrected chi connectivity index (χ2v) is 6.95. The average Bonchev–Trinajstić information content (AvgIpc) is 3.43. The monoisotopic (exact) mass is 339 g/mol. The van der Waals surface area contributed by atoms with Crippen LogP contribution in [0.3, 0.4) is 0 Å². The van der Waals surface area contributed by atoms with E-state index < -0.39 is 0 Å². The molecule has 25 heavy (non-hydrogen) atoms. The first kappa shape index (κ1) is 17.5. The number of amides is 1. The molecular formula is C21H27N2O2+. The molecule has 0 radical (unpaired) electrons. The predicted molar refractivity (Wildman–Crippen MR) is 100 cm³/mol. The number of methoxy groups -OCH3 is 1. The maximum absolute atomic E-state index is 12.6. The Bertz CT molecular complexity index is 716. The third-order valence-electron chi connectivity index (χ3n) is 4.88. The van der Waals surface area contributed by atoms with Crippen LogP contribution in [0.25, 0.3) is 0 Å². The van der Waals surface area contributed by atoms with Crippen LogP contribution in [0.15, 0.2) is 42.5 Å². The van der Waals surface area contributed by atoms with Gasteiger partial charge in [-0.25, -0.2) is 0 Å². The van der Waals surface area contributed by atoms with Crippen LogP contribution in [0.5, 0.6) is 5.75 Å². The van der Waals surface area contributed by atoms with Gasteiger partial charge in [0.05, 0.1) is 13.2 Å². The molecule has 1 fully saturated rings. The number of carbonyl (C=O) groups excluding carboxylic acids is 1. The Balaban J connectivity index is 1.64. The van der Waals surface area contributed by atoms with Crippen molar-refractivity contribution >= 4 is 11.6 Å². The zero-order chi connectivity index (χ0) is 17.8. The number of anilines is 1. The Hall–Kier alpha value is -2.33. The van der Waals surface area contributed by atoms with Gasteiger partial charge in [0.15, 0.2) is 6.54 Å². The minimum absolute atomic E-state index is 0.0906. The third-order valence-corrected chi connectivity index (χ3v) is 4.88. The molecular weight excluding hydrogens is 312 g/mol. The van der Waals surface area contributed by atoms with Crippen molar-refractivity contribution in [3.8, 4) is 5.75 Å². The van der Waals surface area contributed by atoms with E-state index in [-0.39, 0.29) is 5.91 Å². The van der Waals surface area contributed by atoms with E-state index in [0.717, 1.165) is 29.1 Å². The second-order valence-electron chi connectivity index (χ2n) is 6.95. The Morgan fingerprint density at radius 2 is 1.76 bits per heavy atom. The van der Waals surface area contributed by atoms with Crippen molar-refractivity contribution in [3.05, 3.63) is 59.2 Å². The summed E-state index contributed by atoms with van der Waals surface area (Å²) in [4.78, 5) is 13.9. The maximum Gasteiger partial charge on any atom is 0.279 e. The molecule has 0 heterocycles. The van der Waals surface area contributed by atoms with Gasteiger partial charge in [0.2, 0.25) is 0 Å². The summed E-state index contributed by atoms with van der Waals surface area (Å²) in [5.41, 5.74) is 4.41. The fraction of sp³-hybridized carbons (Fsp3) is 0.381. The van der Waals surface area contributed by atoms with Crippen molar-refractivity contribution in [1.29, 1.82) is 0 Å². The number of rotatable bonds is 7. The van der Waals surface area contributed by atoms with Gasteiger partial charge in [-0.05, 0) is 49.2 Å². The fourth-order valence-corrected chi connectivity index (χ4v) is 3.25. The summed E-state index contributed by atoms with van der Waals surface area (Å²) in [6.07, 6.45) is 2.42. The van der Waals surface area contributed by atoms with Crippen molar-refractivity contribution in [2.75, 3.05) is 19.0 Å². The van der Waals surface area contributed by atoms with Crippen LogP contribution in [0.4, 0.5) is 5.69 Å². The number of carbonyl (C=O) groups is 1. The number of aryl methyl sites for hydroxylation is 2. The second kappa shape index (κ2) is 7.70. The van der Waals surface area contributed by atoms with Gasteiger partial charge >= 0.3 is 0 Å². The maximum atomic E-state index is 12.6. The van der Waals surface area contributed by atoms with Gasteiger partial charge in [0.1, 0.15) is 12.3 Å². The van der Waals surface area contributed by atoms with Gasteiger partial charge in [-0.1, -0.05) is 18.2 Å². The first-order valence-corrected chi connectivity index (χ1v) is 8.90. The Labute approximate surface area is 149 Å². The predicted octanol–water partition coefficient (Wildman–Crippen LogP) is 2.50. The van der Waals surface area contributed by atoms with Gasteiger partial charge in [-0.15, -0.1) is 0 Å². The molecule has 2 aromatic carbocycles. The highest BCUT2D eigenvalue weighted by Crippen LogP contribution is 2.19. The molecule has 0 saturated heterocycles. The highest BCUT2D eigenvalue weighted by Gasteiger charge is 2.34. The van der Waals surface area contributed by atoms with Crippen molar-refractivity contribution in [2.24, 2.45) is 0 Å². The zero-order valence-corrected chi connectivity index (χ0v) is 15.3. The number of benzene rings is 2. The summed E-state index contributed by atoms with van der Waals surface area (Å²) in [7, 11) is 1.68. The van der Waals surface area contributed by atoms with Gasteiger partial charge in [-0.3, -0.25) is 4.79 Å². The number of hydrogen-bond acceptors (Lipinski definition) is 2. The molecule has 1 aliphatic rings. The molecule has 0 aromatic heterocycles. The summed E-state index contributed by atoms with van der Waals surface area (Å²) in [6.45, 7) is 5.44. The van der Waals surface area contributed by atoms with Crippen LogP contribution in [-0.2, 0) is 11.3 Å². The molecule has 1 aliphatic carbocycles. The molecule has 0 spiro atoms. The lowest BCUT2D eigenvalue weighted by atomic mass is 10.1. The van der Waals surface area contributed by atoms with Crippen LogP contribution >= 0.6 is 0 Å². The molecule has 4 nitrogen and oxygen atoms in total. The number of ether oxygens (including phenoxy) is 1. The van der Waals surface area contributed by atoms with E-state index in [4.69, 9.17) is 4.74 Å².